The Balaban J connectivity index is 1.86. The van der Waals surface area contributed by atoms with Crippen LogP contribution in [0, 0.1) is 5.82 Å². The molecule has 1 aliphatic rings. The number of fused-ring (bicyclic) bond motifs is 1. The first-order valence-electron chi connectivity index (χ1n) is 6.21. The summed E-state index contributed by atoms with van der Waals surface area (Å²) in [6.07, 6.45) is 1.01. The zero-order valence-corrected chi connectivity index (χ0v) is 11.1. The van der Waals surface area contributed by atoms with Crippen LogP contribution in [0.5, 0.6) is 0 Å². The van der Waals surface area contributed by atoms with Gasteiger partial charge in [-0.3, -0.25) is 0 Å². The average Bonchev–Trinajstić information content (AvgIpc) is 2.77. The van der Waals surface area contributed by atoms with E-state index in [0.717, 1.165) is 29.9 Å². The molecule has 4 heteroatoms. The fourth-order valence-corrected chi connectivity index (χ4v) is 2.60. The summed E-state index contributed by atoms with van der Waals surface area (Å²) in [5.74, 6) is -0.369. The van der Waals surface area contributed by atoms with Crippen LogP contribution < -0.4 is 10.6 Å². The summed E-state index contributed by atoms with van der Waals surface area (Å²) < 4.78 is 13.4. The topological polar surface area (TPSA) is 29.3 Å². The van der Waals surface area contributed by atoms with Crippen LogP contribution in [0.1, 0.15) is 11.1 Å². The average molecular weight is 277 g/mol. The van der Waals surface area contributed by atoms with E-state index in [1.165, 1.54) is 11.6 Å². The van der Waals surface area contributed by atoms with Crippen LogP contribution in [0.4, 0.5) is 15.8 Å². The lowest BCUT2D eigenvalue weighted by atomic mass is 10.1. The van der Waals surface area contributed by atoms with Gasteiger partial charge in [-0.25, -0.2) is 4.39 Å². The smallest absolute Gasteiger partial charge is 0.142 e. The quantitative estimate of drug-likeness (QED) is 0.849. The second-order valence-corrected chi connectivity index (χ2v) is 5.22. The predicted molar refractivity (Wildman–Crippen MR) is 77.0 cm³/mol. The van der Waals surface area contributed by atoms with E-state index in [9.17, 15) is 4.39 Å². The summed E-state index contributed by atoms with van der Waals surface area (Å²) in [6, 6.07) is 10.9. The Morgan fingerprint density at radius 3 is 2.84 bits per heavy atom. The largest absolute Gasteiger partial charge is 0.399 e. The van der Waals surface area contributed by atoms with Crippen LogP contribution >= 0.6 is 11.6 Å². The molecule has 2 N–H and O–H groups in total. The van der Waals surface area contributed by atoms with E-state index in [4.69, 9.17) is 17.3 Å². The second-order valence-electron chi connectivity index (χ2n) is 4.81. The fourth-order valence-electron chi connectivity index (χ4n) is 2.49. The van der Waals surface area contributed by atoms with Crippen molar-refractivity contribution in [2.24, 2.45) is 0 Å². The SMILES string of the molecule is Nc1ccc2c(c1)N(Cc1ccc(Cl)c(F)c1)CC2. The van der Waals surface area contributed by atoms with E-state index in [2.05, 4.69) is 11.0 Å². The summed E-state index contributed by atoms with van der Waals surface area (Å²) in [7, 11) is 0. The van der Waals surface area contributed by atoms with Crippen molar-refractivity contribution in [2.45, 2.75) is 13.0 Å². The van der Waals surface area contributed by atoms with Gasteiger partial charge >= 0.3 is 0 Å². The number of nitrogen functional groups attached to an aromatic ring is 1. The van der Waals surface area contributed by atoms with Gasteiger partial charge in [-0.05, 0) is 41.8 Å². The molecule has 0 fully saturated rings. The standard InChI is InChI=1S/C15H14ClFN2/c16-13-4-1-10(7-14(13)17)9-19-6-5-11-2-3-12(18)8-15(11)19/h1-4,7-8H,5-6,9,18H2. The van der Waals surface area contributed by atoms with Gasteiger partial charge in [0.1, 0.15) is 5.82 Å². The van der Waals surface area contributed by atoms with Crippen LogP contribution in [0.3, 0.4) is 0 Å². The molecule has 1 aliphatic heterocycles. The van der Waals surface area contributed by atoms with E-state index >= 15 is 0 Å². The third-order valence-electron chi connectivity index (χ3n) is 3.46. The van der Waals surface area contributed by atoms with Gasteiger partial charge in [0.05, 0.1) is 5.02 Å². The first-order valence-corrected chi connectivity index (χ1v) is 6.58. The Bertz CT molecular complexity index is 628. The Morgan fingerprint density at radius 1 is 1.21 bits per heavy atom. The monoisotopic (exact) mass is 276 g/mol. The van der Waals surface area contributed by atoms with Crippen molar-refractivity contribution >= 4 is 23.0 Å². The molecule has 1 heterocycles. The number of nitrogens with zero attached hydrogens (tertiary/aromatic N) is 1. The highest BCUT2D eigenvalue weighted by Gasteiger charge is 2.19. The minimum absolute atomic E-state index is 0.162. The Kier molecular flexibility index (Phi) is 3.07. The summed E-state index contributed by atoms with van der Waals surface area (Å²) in [5.41, 5.74) is 9.94. The van der Waals surface area contributed by atoms with Crippen molar-refractivity contribution in [2.75, 3.05) is 17.2 Å². The third kappa shape index (κ3) is 2.38. The number of anilines is 2. The highest BCUT2D eigenvalue weighted by atomic mass is 35.5. The molecule has 0 saturated carbocycles. The Morgan fingerprint density at radius 2 is 2.05 bits per heavy atom. The molecule has 3 rings (SSSR count). The molecular formula is C15H14ClFN2. The Labute approximate surface area is 116 Å². The molecule has 0 unspecified atom stereocenters. The molecule has 98 valence electrons. The van der Waals surface area contributed by atoms with Crippen LogP contribution in [0.25, 0.3) is 0 Å². The maximum absolute atomic E-state index is 13.4. The van der Waals surface area contributed by atoms with Gasteiger partial charge in [0.25, 0.3) is 0 Å². The van der Waals surface area contributed by atoms with Crippen molar-refractivity contribution in [1.29, 1.82) is 0 Å². The van der Waals surface area contributed by atoms with Gasteiger partial charge in [-0.1, -0.05) is 23.7 Å². The summed E-state index contributed by atoms with van der Waals surface area (Å²) in [5, 5.41) is 0.162. The molecule has 0 amide bonds. The summed E-state index contributed by atoms with van der Waals surface area (Å²) >= 11 is 5.69. The molecule has 0 aromatic heterocycles. The molecule has 0 aliphatic carbocycles. The van der Waals surface area contributed by atoms with Gasteiger partial charge in [0.2, 0.25) is 0 Å². The first kappa shape index (κ1) is 12.3. The molecule has 19 heavy (non-hydrogen) atoms. The number of hydrogen-bond acceptors (Lipinski definition) is 2. The molecule has 0 saturated heterocycles. The van der Waals surface area contributed by atoms with Gasteiger partial charge < -0.3 is 10.6 Å². The molecule has 2 aromatic carbocycles. The summed E-state index contributed by atoms with van der Waals surface area (Å²) in [4.78, 5) is 2.22. The minimum atomic E-state index is -0.369. The minimum Gasteiger partial charge on any atom is -0.399 e. The maximum Gasteiger partial charge on any atom is 0.142 e. The zero-order chi connectivity index (χ0) is 13.4. The van der Waals surface area contributed by atoms with Gasteiger partial charge in [0, 0.05) is 24.5 Å². The van der Waals surface area contributed by atoms with Crippen LogP contribution in [-0.4, -0.2) is 6.54 Å². The van der Waals surface area contributed by atoms with Crippen LogP contribution in [0.2, 0.25) is 5.02 Å². The van der Waals surface area contributed by atoms with Gasteiger partial charge in [-0.15, -0.1) is 0 Å². The van der Waals surface area contributed by atoms with Crippen molar-refractivity contribution in [3.8, 4) is 0 Å². The number of nitrogens with two attached hydrogens (primary N) is 1. The lowest BCUT2D eigenvalue weighted by Gasteiger charge is -2.20. The predicted octanol–water partition coefficient (Wildman–Crippen LogP) is 3.62. The maximum atomic E-state index is 13.4. The lowest BCUT2D eigenvalue weighted by molar-refractivity contribution is 0.625. The van der Waals surface area contributed by atoms with E-state index in [-0.39, 0.29) is 10.8 Å². The van der Waals surface area contributed by atoms with Gasteiger partial charge in [0.15, 0.2) is 0 Å². The number of halogens is 2. The van der Waals surface area contributed by atoms with Crippen molar-refractivity contribution in [3.63, 3.8) is 0 Å². The van der Waals surface area contributed by atoms with Crippen LogP contribution in [-0.2, 0) is 13.0 Å². The Hall–Kier alpha value is -1.74. The van der Waals surface area contributed by atoms with E-state index < -0.39 is 0 Å². The van der Waals surface area contributed by atoms with Crippen molar-refractivity contribution < 1.29 is 4.39 Å². The van der Waals surface area contributed by atoms with E-state index in [1.807, 2.05) is 18.2 Å². The van der Waals surface area contributed by atoms with Gasteiger partial charge in [-0.2, -0.15) is 0 Å². The molecule has 0 radical (unpaired) electrons. The second kappa shape index (κ2) is 4.74. The number of benzene rings is 2. The molecule has 0 atom stereocenters. The molecular weight excluding hydrogens is 263 g/mol. The van der Waals surface area contributed by atoms with E-state index in [1.54, 1.807) is 6.07 Å². The highest BCUT2D eigenvalue weighted by molar-refractivity contribution is 6.30. The fraction of sp³-hybridized carbons (Fsp3) is 0.200. The van der Waals surface area contributed by atoms with Crippen molar-refractivity contribution in [1.82, 2.24) is 0 Å². The van der Waals surface area contributed by atoms with Crippen LogP contribution in [0.15, 0.2) is 36.4 Å². The normalized spacial score (nSPS) is 13.7. The van der Waals surface area contributed by atoms with E-state index in [0.29, 0.717) is 6.54 Å². The number of rotatable bonds is 2. The van der Waals surface area contributed by atoms with Crippen molar-refractivity contribution in [3.05, 3.63) is 58.4 Å². The zero-order valence-electron chi connectivity index (χ0n) is 10.4. The third-order valence-corrected chi connectivity index (χ3v) is 3.77. The summed E-state index contributed by atoms with van der Waals surface area (Å²) in [6.45, 7) is 1.60. The number of hydrogen-bond donors (Lipinski definition) is 1. The molecule has 2 aromatic rings. The first-order chi connectivity index (χ1) is 9.13. The molecule has 2 nitrogen and oxygen atoms in total. The highest BCUT2D eigenvalue weighted by Crippen LogP contribution is 2.31. The lowest BCUT2D eigenvalue weighted by Crippen LogP contribution is -2.19. The molecule has 0 bridgehead atoms. The molecule has 0 spiro atoms.